The molecule has 0 fully saturated rings. The van der Waals surface area contributed by atoms with Crippen molar-refractivity contribution in [3.05, 3.63) is 35.6 Å². The second kappa shape index (κ2) is 8.69. The van der Waals surface area contributed by atoms with Gasteiger partial charge < -0.3 is 10.0 Å². The third-order valence-electron chi connectivity index (χ3n) is 3.40. The van der Waals surface area contributed by atoms with Crippen LogP contribution in [-0.2, 0) is 4.79 Å². The molecule has 0 spiro atoms. The van der Waals surface area contributed by atoms with Crippen molar-refractivity contribution in [2.24, 2.45) is 0 Å². The van der Waals surface area contributed by atoms with Crippen LogP contribution in [0.1, 0.15) is 44.6 Å². The van der Waals surface area contributed by atoms with E-state index in [1.54, 1.807) is 11.0 Å². The van der Waals surface area contributed by atoms with E-state index in [9.17, 15) is 9.18 Å². The van der Waals surface area contributed by atoms with Gasteiger partial charge in [-0.25, -0.2) is 4.39 Å². The molecule has 1 amide bonds. The van der Waals surface area contributed by atoms with Crippen molar-refractivity contribution in [1.29, 1.82) is 0 Å². The van der Waals surface area contributed by atoms with Crippen LogP contribution in [0.5, 0.6) is 0 Å². The third kappa shape index (κ3) is 5.29. The molecule has 0 saturated carbocycles. The van der Waals surface area contributed by atoms with Crippen LogP contribution in [0.3, 0.4) is 0 Å². The normalized spacial score (nSPS) is 12.2. The van der Waals surface area contributed by atoms with E-state index in [1.807, 2.05) is 13.0 Å². The molecule has 1 aromatic rings. The van der Waals surface area contributed by atoms with Gasteiger partial charge in [-0.1, -0.05) is 32.4 Å². The summed E-state index contributed by atoms with van der Waals surface area (Å²) in [5, 5.41) is 9.03. The smallest absolute Gasteiger partial charge is 0.223 e. The summed E-state index contributed by atoms with van der Waals surface area (Å²) >= 11 is 0. The molecule has 20 heavy (non-hydrogen) atoms. The molecule has 0 radical (unpaired) electrons. The molecule has 1 N–H and O–H groups in total. The number of unbranched alkanes of at least 4 members (excludes halogenated alkanes) is 1. The average molecular weight is 281 g/mol. The molecular formula is C16H24FNO2. The van der Waals surface area contributed by atoms with Gasteiger partial charge >= 0.3 is 0 Å². The predicted molar refractivity (Wildman–Crippen MR) is 78.0 cm³/mol. The minimum Gasteiger partial charge on any atom is -0.395 e. The highest BCUT2D eigenvalue weighted by atomic mass is 19.1. The van der Waals surface area contributed by atoms with Crippen LogP contribution in [0.25, 0.3) is 0 Å². The predicted octanol–water partition coefficient (Wildman–Crippen LogP) is 2.94. The quantitative estimate of drug-likeness (QED) is 0.796. The summed E-state index contributed by atoms with van der Waals surface area (Å²) in [7, 11) is 0. The van der Waals surface area contributed by atoms with Crippen LogP contribution in [-0.4, -0.2) is 35.6 Å². The molecule has 112 valence electrons. The summed E-state index contributed by atoms with van der Waals surface area (Å²) in [6, 6.07) is 6.37. The Morgan fingerprint density at radius 2 is 2.15 bits per heavy atom. The SMILES string of the molecule is CCCCN(CCO)C(=O)CC(C)c1cccc(F)c1. The molecule has 3 nitrogen and oxygen atoms in total. The van der Waals surface area contributed by atoms with Crippen molar-refractivity contribution in [2.75, 3.05) is 19.7 Å². The number of halogens is 1. The number of aliphatic hydroxyl groups excluding tert-OH is 1. The number of amides is 1. The molecule has 0 aliphatic heterocycles. The Hall–Kier alpha value is -1.42. The zero-order valence-corrected chi connectivity index (χ0v) is 12.3. The van der Waals surface area contributed by atoms with Crippen LogP contribution in [0.15, 0.2) is 24.3 Å². The highest BCUT2D eigenvalue weighted by molar-refractivity contribution is 5.77. The van der Waals surface area contributed by atoms with Crippen LogP contribution >= 0.6 is 0 Å². The molecule has 0 aliphatic rings. The van der Waals surface area contributed by atoms with Crippen molar-refractivity contribution in [3.63, 3.8) is 0 Å². The maximum Gasteiger partial charge on any atom is 0.223 e. The van der Waals surface area contributed by atoms with Gasteiger partial charge in [0.15, 0.2) is 0 Å². The Balaban J connectivity index is 2.62. The molecule has 1 aromatic carbocycles. The Kier molecular flexibility index (Phi) is 7.23. The first-order valence-electron chi connectivity index (χ1n) is 7.22. The Morgan fingerprint density at radius 3 is 2.75 bits per heavy atom. The van der Waals surface area contributed by atoms with E-state index >= 15 is 0 Å². The molecule has 0 bridgehead atoms. The lowest BCUT2D eigenvalue weighted by Crippen LogP contribution is -2.35. The van der Waals surface area contributed by atoms with E-state index in [-0.39, 0.29) is 24.2 Å². The average Bonchev–Trinajstić information content (AvgIpc) is 2.43. The monoisotopic (exact) mass is 281 g/mol. The summed E-state index contributed by atoms with van der Waals surface area (Å²) in [5.41, 5.74) is 0.831. The zero-order chi connectivity index (χ0) is 15.0. The van der Waals surface area contributed by atoms with Crippen LogP contribution in [0.4, 0.5) is 4.39 Å². The van der Waals surface area contributed by atoms with E-state index in [4.69, 9.17) is 5.11 Å². The van der Waals surface area contributed by atoms with Gasteiger partial charge in [0.1, 0.15) is 5.82 Å². The first kappa shape index (κ1) is 16.6. The highest BCUT2D eigenvalue weighted by Gasteiger charge is 2.17. The van der Waals surface area contributed by atoms with E-state index in [1.165, 1.54) is 12.1 Å². The summed E-state index contributed by atoms with van der Waals surface area (Å²) in [5.74, 6) is -0.287. The van der Waals surface area contributed by atoms with E-state index in [2.05, 4.69) is 6.92 Å². The molecular weight excluding hydrogens is 257 g/mol. The largest absolute Gasteiger partial charge is 0.395 e. The van der Waals surface area contributed by atoms with Crippen molar-refractivity contribution >= 4 is 5.91 Å². The van der Waals surface area contributed by atoms with Gasteiger partial charge in [0.25, 0.3) is 0 Å². The van der Waals surface area contributed by atoms with Gasteiger partial charge in [0.2, 0.25) is 5.91 Å². The number of aliphatic hydroxyl groups is 1. The maximum absolute atomic E-state index is 13.2. The summed E-state index contributed by atoms with van der Waals surface area (Å²) in [6.07, 6.45) is 2.28. The minimum absolute atomic E-state index is 0.0178. The van der Waals surface area contributed by atoms with Crippen LogP contribution in [0, 0.1) is 5.82 Å². The first-order chi connectivity index (χ1) is 9.58. The number of hydrogen-bond acceptors (Lipinski definition) is 2. The summed E-state index contributed by atoms with van der Waals surface area (Å²) in [6.45, 7) is 5.00. The van der Waals surface area contributed by atoms with Crippen molar-refractivity contribution in [1.82, 2.24) is 4.90 Å². The number of carbonyl (C=O) groups is 1. The summed E-state index contributed by atoms with van der Waals surface area (Å²) < 4.78 is 13.2. The third-order valence-corrected chi connectivity index (χ3v) is 3.40. The van der Waals surface area contributed by atoms with E-state index in [0.717, 1.165) is 18.4 Å². The second-order valence-electron chi connectivity index (χ2n) is 5.12. The number of carbonyl (C=O) groups excluding carboxylic acids is 1. The fraction of sp³-hybridized carbons (Fsp3) is 0.562. The van der Waals surface area contributed by atoms with Crippen LogP contribution < -0.4 is 0 Å². The highest BCUT2D eigenvalue weighted by Crippen LogP contribution is 2.20. The number of benzene rings is 1. The molecule has 1 atom stereocenters. The zero-order valence-electron chi connectivity index (χ0n) is 12.3. The minimum atomic E-state index is -0.278. The second-order valence-corrected chi connectivity index (χ2v) is 5.12. The molecule has 0 heterocycles. The topological polar surface area (TPSA) is 40.5 Å². The van der Waals surface area contributed by atoms with Crippen molar-refractivity contribution in [3.8, 4) is 0 Å². The van der Waals surface area contributed by atoms with Gasteiger partial charge in [-0.2, -0.15) is 0 Å². The van der Waals surface area contributed by atoms with Gasteiger partial charge in [-0.15, -0.1) is 0 Å². The number of nitrogens with zero attached hydrogens (tertiary/aromatic N) is 1. The standard InChI is InChI=1S/C16H24FNO2/c1-3-4-8-18(9-10-19)16(20)11-13(2)14-6-5-7-15(17)12-14/h5-7,12-13,19H,3-4,8-11H2,1-2H3. The Bertz CT molecular complexity index is 423. The number of hydrogen-bond donors (Lipinski definition) is 1. The van der Waals surface area contributed by atoms with Crippen molar-refractivity contribution < 1.29 is 14.3 Å². The van der Waals surface area contributed by atoms with Crippen molar-refractivity contribution in [2.45, 2.75) is 39.0 Å². The first-order valence-corrected chi connectivity index (χ1v) is 7.22. The fourth-order valence-electron chi connectivity index (χ4n) is 2.15. The lowest BCUT2D eigenvalue weighted by atomic mass is 9.97. The van der Waals surface area contributed by atoms with E-state index in [0.29, 0.717) is 19.5 Å². The Morgan fingerprint density at radius 1 is 1.40 bits per heavy atom. The van der Waals surface area contributed by atoms with Crippen LogP contribution in [0.2, 0.25) is 0 Å². The lowest BCUT2D eigenvalue weighted by molar-refractivity contribution is -0.132. The fourth-order valence-corrected chi connectivity index (χ4v) is 2.15. The molecule has 0 aliphatic carbocycles. The molecule has 0 aromatic heterocycles. The van der Waals surface area contributed by atoms with Gasteiger partial charge in [-0.05, 0) is 30.0 Å². The van der Waals surface area contributed by atoms with Gasteiger partial charge in [0.05, 0.1) is 6.61 Å². The van der Waals surface area contributed by atoms with Gasteiger partial charge in [-0.3, -0.25) is 4.79 Å². The molecule has 0 saturated heterocycles. The summed E-state index contributed by atoms with van der Waals surface area (Å²) in [4.78, 5) is 13.9. The Labute approximate surface area is 120 Å². The molecule has 1 unspecified atom stereocenters. The molecule has 4 heteroatoms. The van der Waals surface area contributed by atoms with Gasteiger partial charge in [0, 0.05) is 19.5 Å². The maximum atomic E-state index is 13.2. The lowest BCUT2D eigenvalue weighted by Gasteiger charge is -2.23. The number of rotatable bonds is 8. The van der Waals surface area contributed by atoms with E-state index < -0.39 is 0 Å². The molecule has 1 rings (SSSR count).